The van der Waals surface area contributed by atoms with Crippen molar-refractivity contribution in [3.63, 3.8) is 0 Å². The molecule has 1 aromatic carbocycles. The number of rotatable bonds is 5. The van der Waals surface area contributed by atoms with E-state index in [0.717, 1.165) is 46.9 Å². The van der Waals surface area contributed by atoms with Crippen molar-refractivity contribution >= 4 is 45.6 Å². The lowest BCUT2D eigenvalue weighted by atomic mass is 10.1. The van der Waals surface area contributed by atoms with Crippen LogP contribution in [0, 0.1) is 0 Å². The van der Waals surface area contributed by atoms with E-state index in [0.29, 0.717) is 6.04 Å². The van der Waals surface area contributed by atoms with Gasteiger partial charge in [0.25, 0.3) is 0 Å². The van der Waals surface area contributed by atoms with Crippen molar-refractivity contribution in [1.82, 2.24) is 10.3 Å². The molecule has 0 aliphatic carbocycles. The standard InChI is InChI=1S/C19H22N4S2/c20-18-15-6-8-17(24)23-19(15)25-16(18)7-3-12-1-4-13(5-2-12)22-14-9-10-21-11-14/h1-2,4-6,8,14,21-22H,3,7,9-11,20H2,(H,23,24). The highest BCUT2D eigenvalue weighted by molar-refractivity contribution is 7.80. The Bertz CT molecular complexity index is 867. The molecule has 1 atom stereocenters. The number of nitrogen functional groups attached to an aromatic ring is 1. The summed E-state index contributed by atoms with van der Waals surface area (Å²) in [5, 5.41) is 8.74. The Morgan fingerprint density at radius 1 is 1.20 bits per heavy atom. The zero-order chi connectivity index (χ0) is 17.2. The maximum atomic E-state index is 6.30. The second-order valence-corrected chi connectivity index (χ2v) is 8.03. The van der Waals surface area contributed by atoms with Gasteiger partial charge in [0.1, 0.15) is 4.83 Å². The van der Waals surface area contributed by atoms with Crippen molar-refractivity contribution in [2.24, 2.45) is 0 Å². The molecule has 4 nitrogen and oxygen atoms in total. The third kappa shape index (κ3) is 3.76. The number of aryl methyl sites for hydroxylation is 2. The van der Waals surface area contributed by atoms with Crippen LogP contribution in [0.2, 0.25) is 0 Å². The largest absolute Gasteiger partial charge is 0.397 e. The van der Waals surface area contributed by atoms with Crippen LogP contribution in [0.5, 0.6) is 0 Å². The Labute approximate surface area is 157 Å². The Balaban J connectivity index is 1.41. The fraction of sp³-hybridized carbons (Fsp3) is 0.316. The molecule has 25 heavy (non-hydrogen) atoms. The van der Waals surface area contributed by atoms with Crippen molar-refractivity contribution in [1.29, 1.82) is 0 Å². The average molecular weight is 371 g/mol. The molecule has 0 amide bonds. The van der Waals surface area contributed by atoms with E-state index in [1.165, 1.54) is 22.5 Å². The maximum Gasteiger partial charge on any atom is 0.126 e. The van der Waals surface area contributed by atoms with E-state index in [1.807, 2.05) is 12.1 Å². The highest BCUT2D eigenvalue weighted by atomic mass is 32.1. The van der Waals surface area contributed by atoms with Gasteiger partial charge in [0.2, 0.25) is 0 Å². The number of hydrogen-bond acceptors (Lipinski definition) is 6. The van der Waals surface area contributed by atoms with Crippen LogP contribution in [0.25, 0.3) is 10.2 Å². The molecule has 3 heterocycles. The summed E-state index contributed by atoms with van der Waals surface area (Å²) >= 11 is 5.99. The lowest BCUT2D eigenvalue weighted by molar-refractivity contribution is 0.793. The lowest BCUT2D eigenvalue weighted by Crippen LogP contribution is -2.21. The van der Waals surface area contributed by atoms with Crippen LogP contribution in [-0.4, -0.2) is 24.1 Å². The Morgan fingerprint density at radius 3 is 2.80 bits per heavy atom. The van der Waals surface area contributed by atoms with Gasteiger partial charge < -0.3 is 16.4 Å². The number of aromatic nitrogens is 1. The number of nitrogens with two attached hydrogens (primary N) is 1. The van der Waals surface area contributed by atoms with Crippen LogP contribution < -0.4 is 16.4 Å². The number of thiophene rings is 1. The van der Waals surface area contributed by atoms with Crippen LogP contribution in [0.4, 0.5) is 11.4 Å². The maximum absolute atomic E-state index is 6.30. The van der Waals surface area contributed by atoms with Crippen molar-refractivity contribution < 1.29 is 0 Å². The summed E-state index contributed by atoms with van der Waals surface area (Å²) in [4.78, 5) is 6.65. The second kappa shape index (κ2) is 7.23. The normalized spacial score (nSPS) is 17.2. The zero-order valence-corrected chi connectivity index (χ0v) is 15.7. The van der Waals surface area contributed by atoms with Crippen LogP contribution >= 0.6 is 24.0 Å². The van der Waals surface area contributed by atoms with Gasteiger partial charge in [-0.15, -0.1) is 24.0 Å². The molecule has 0 spiro atoms. The van der Waals surface area contributed by atoms with Crippen molar-refractivity contribution in [3.8, 4) is 0 Å². The molecule has 3 aromatic rings. The van der Waals surface area contributed by atoms with Gasteiger partial charge in [-0.1, -0.05) is 12.1 Å². The molecule has 130 valence electrons. The summed E-state index contributed by atoms with van der Waals surface area (Å²) in [6.45, 7) is 2.16. The van der Waals surface area contributed by atoms with Gasteiger partial charge in [0.05, 0.1) is 10.7 Å². The minimum Gasteiger partial charge on any atom is -0.397 e. The number of hydrogen-bond donors (Lipinski definition) is 4. The second-order valence-electron chi connectivity index (χ2n) is 6.49. The first-order valence-electron chi connectivity index (χ1n) is 8.62. The highest BCUT2D eigenvalue weighted by Crippen LogP contribution is 2.33. The predicted octanol–water partition coefficient (Wildman–Crippen LogP) is 3.73. The van der Waals surface area contributed by atoms with Crippen molar-refractivity contribution in [2.75, 3.05) is 24.1 Å². The summed E-state index contributed by atoms with van der Waals surface area (Å²) in [5.41, 5.74) is 9.69. The van der Waals surface area contributed by atoms with Crippen molar-refractivity contribution in [2.45, 2.75) is 30.3 Å². The summed E-state index contributed by atoms with van der Waals surface area (Å²) in [5.74, 6) is 0. The van der Waals surface area contributed by atoms with Gasteiger partial charge in [-0.3, -0.25) is 0 Å². The molecule has 1 fully saturated rings. The number of nitrogens with zero attached hydrogens (tertiary/aromatic N) is 1. The minimum atomic E-state index is 0.549. The van der Waals surface area contributed by atoms with E-state index in [9.17, 15) is 0 Å². The number of benzene rings is 1. The molecule has 0 saturated carbocycles. The zero-order valence-electron chi connectivity index (χ0n) is 14.0. The van der Waals surface area contributed by atoms with E-state index in [-0.39, 0.29) is 0 Å². The van der Waals surface area contributed by atoms with E-state index in [2.05, 4.69) is 52.5 Å². The Kier molecular flexibility index (Phi) is 4.83. The predicted molar refractivity (Wildman–Crippen MR) is 110 cm³/mol. The van der Waals surface area contributed by atoms with Crippen LogP contribution in [0.15, 0.2) is 41.4 Å². The molecule has 2 aromatic heterocycles. The Hall–Kier alpha value is -1.76. The van der Waals surface area contributed by atoms with Crippen molar-refractivity contribution in [3.05, 3.63) is 46.8 Å². The monoisotopic (exact) mass is 370 g/mol. The number of anilines is 2. The smallest absolute Gasteiger partial charge is 0.126 e. The van der Waals surface area contributed by atoms with Gasteiger partial charge in [-0.25, -0.2) is 4.98 Å². The summed E-state index contributed by atoms with van der Waals surface area (Å²) < 4.78 is 0. The minimum absolute atomic E-state index is 0.549. The molecule has 6 heteroatoms. The molecular weight excluding hydrogens is 348 g/mol. The van der Waals surface area contributed by atoms with Crippen LogP contribution in [0.3, 0.4) is 0 Å². The quantitative estimate of drug-likeness (QED) is 0.517. The van der Waals surface area contributed by atoms with Crippen LogP contribution in [0.1, 0.15) is 16.9 Å². The summed E-state index contributed by atoms with van der Waals surface area (Å²) in [6, 6.07) is 13.2. The van der Waals surface area contributed by atoms with E-state index in [4.69, 9.17) is 5.73 Å². The SMILES string of the molecule is Nc1c(CCc2ccc(NC3CCNC3)cc2)sc2nc(S)ccc12. The molecule has 1 unspecified atom stereocenters. The van der Waals surface area contributed by atoms with Gasteiger partial charge in [-0.05, 0) is 55.6 Å². The molecule has 1 aliphatic heterocycles. The molecule has 1 aliphatic rings. The third-order valence-corrected chi connectivity index (χ3v) is 6.11. The van der Waals surface area contributed by atoms with E-state index < -0.39 is 0 Å². The molecule has 4 N–H and O–H groups in total. The molecule has 4 rings (SSSR count). The fourth-order valence-electron chi connectivity index (χ4n) is 3.26. The number of thiol groups is 1. The van der Waals surface area contributed by atoms with E-state index >= 15 is 0 Å². The average Bonchev–Trinajstić information content (AvgIpc) is 3.22. The number of fused-ring (bicyclic) bond motifs is 1. The summed E-state index contributed by atoms with van der Waals surface area (Å²) in [6.07, 6.45) is 3.11. The lowest BCUT2D eigenvalue weighted by Gasteiger charge is -2.13. The third-order valence-electron chi connectivity index (χ3n) is 4.68. The fourth-order valence-corrected chi connectivity index (χ4v) is 4.59. The molecule has 0 bridgehead atoms. The van der Waals surface area contributed by atoms with Gasteiger partial charge >= 0.3 is 0 Å². The number of nitrogens with one attached hydrogen (secondary N) is 2. The topological polar surface area (TPSA) is 63.0 Å². The first-order chi connectivity index (χ1) is 12.2. The van der Waals surface area contributed by atoms with Crippen LogP contribution in [-0.2, 0) is 12.8 Å². The summed E-state index contributed by atoms with van der Waals surface area (Å²) in [7, 11) is 0. The highest BCUT2D eigenvalue weighted by Gasteiger charge is 2.14. The van der Waals surface area contributed by atoms with Gasteiger partial charge in [0.15, 0.2) is 0 Å². The Morgan fingerprint density at radius 2 is 2.04 bits per heavy atom. The first-order valence-corrected chi connectivity index (χ1v) is 9.88. The van der Waals surface area contributed by atoms with E-state index in [1.54, 1.807) is 11.3 Å². The molecule has 0 radical (unpaired) electrons. The van der Waals surface area contributed by atoms with Gasteiger partial charge in [-0.2, -0.15) is 0 Å². The molecule has 1 saturated heterocycles. The first kappa shape index (κ1) is 16.7. The van der Waals surface area contributed by atoms with Gasteiger partial charge in [0, 0.05) is 28.5 Å². The molecular formula is C19H22N4S2. The number of pyridine rings is 1.